The van der Waals surface area contributed by atoms with E-state index in [1.54, 1.807) is 6.20 Å². The van der Waals surface area contributed by atoms with Crippen LogP contribution in [0.4, 0.5) is 0 Å². The van der Waals surface area contributed by atoms with Gasteiger partial charge in [0.1, 0.15) is 17.6 Å². The Morgan fingerprint density at radius 1 is 1.38 bits per heavy atom. The van der Waals surface area contributed by atoms with Crippen LogP contribution in [0.15, 0.2) is 36.7 Å². The number of piperazine rings is 1. The lowest BCUT2D eigenvalue weighted by molar-refractivity contribution is -0.134. The van der Waals surface area contributed by atoms with E-state index in [9.17, 15) is 4.79 Å². The van der Waals surface area contributed by atoms with Crippen molar-refractivity contribution in [1.82, 2.24) is 19.8 Å². The largest absolute Gasteiger partial charge is 0.494 e. The molecule has 1 amide bonds. The lowest BCUT2D eigenvalue weighted by atomic mass is 10.1. The van der Waals surface area contributed by atoms with Crippen LogP contribution < -0.4 is 10.1 Å². The first-order chi connectivity index (χ1) is 11.7. The Morgan fingerprint density at radius 3 is 2.83 bits per heavy atom. The summed E-state index contributed by atoms with van der Waals surface area (Å²) in [5.41, 5.74) is 1.00. The Hall–Kier alpha value is -2.34. The highest BCUT2D eigenvalue weighted by molar-refractivity contribution is 5.79. The van der Waals surface area contributed by atoms with Crippen molar-refractivity contribution in [1.29, 1.82) is 0 Å². The van der Waals surface area contributed by atoms with Crippen LogP contribution in [-0.2, 0) is 18.3 Å². The number of aryl methyl sites for hydroxylation is 1. The van der Waals surface area contributed by atoms with E-state index >= 15 is 0 Å². The Balaban J connectivity index is 1.71. The van der Waals surface area contributed by atoms with E-state index in [4.69, 9.17) is 4.74 Å². The van der Waals surface area contributed by atoms with Gasteiger partial charge in [-0.2, -0.15) is 0 Å². The van der Waals surface area contributed by atoms with Crippen molar-refractivity contribution >= 4 is 5.91 Å². The molecule has 1 aliphatic heterocycles. The number of nitrogens with one attached hydrogen (secondary N) is 1. The fourth-order valence-electron chi connectivity index (χ4n) is 3.08. The van der Waals surface area contributed by atoms with E-state index in [-0.39, 0.29) is 11.9 Å². The molecule has 1 saturated heterocycles. The monoisotopic (exact) mass is 328 g/mol. The minimum Gasteiger partial charge on any atom is -0.494 e. The van der Waals surface area contributed by atoms with Crippen LogP contribution in [0.5, 0.6) is 5.75 Å². The summed E-state index contributed by atoms with van der Waals surface area (Å²) in [5.74, 6) is 1.89. The van der Waals surface area contributed by atoms with Gasteiger partial charge in [0.25, 0.3) is 0 Å². The number of rotatable bonds is 5. The molecule has 24 heavy (non-hydrogen) atoms. The van der Waals surface area contributed by atoms with Gasteiger partial charge in [0.15, 0.2) is 0 Å². The zero-order chi connectivity index (χ0) is 16.9. The van der Waals surface area contributed by atoms with Crippen molar-refractivity contribution in [3.63, 3.8) is 0 Å². The molecule has 1 aliphatic rings. The summed E-state index contributed by atoms with van der Waals surface area (Å²) in [6, 6.07) is 7.73. The van der Waals surface area contributed by atoms with Crippen LogP contribution in [0.1, 0.15) is 24.4 Å². The number of ether oxygens (including phenoxy) is 1. The first-order valence-corrected chi connectivity index (χ1v) is 8.38. The van der Waals surface area contributed by atoms with E-state index in [1.807, 2.05) is 53.9 Å². The summed E-state index contributed by atoms with van der Waals surface area (Å²) < 4.78 is 7.43. The molecule has 1 atom stereocenters. The van der Waals surface area contributed by atoms with Crippen molar-refractivity contribution < 1.29 is 9.53 Å². The molecule has 6 heteroatoms. The molecule has 2 heterocycles. The van der Waals surface area contributed by atoms with Gasteiger partial charge in [0.2, 0.25) is 5.91 Å². The standard InChI is InChI=1S/C18H24N4O2/c1-3-24-15-6-4-14(5-7-15)12-17(23)22-11-8-19-13-16(22)18-20-9-10-21(18)2/h4-7,9-10,16,19H,3,8,11-13H2,1-2H3. The average Bonchev–Trinajstić information content (AvgIpc) is 3.03. The number of hydrogen-bond donors (Lipinski definition) is 1. The van der Waals surface area contributed by atoms with Crippen LogP contribution in [0.3, 0.4) is 0 Å². The molecular formula is C18H24N4O2. The number of imidazole rings is 1. The molecule has 1 N–H and O–H groups in total. The molecule has 3 rings (SSSR count). The fourth-order valence-corrected chi connectivity index (χ4v) is 3.08. The summed E-state index contributed by atoms with van der Waals surface area (Å²) in [7, 11) is 1.96. The minimum absolute atomic E-state index is 0.0195. The van der Waals surface area contributed by atoms with Gasteiger partial charge in [-0.1, -0.05) is 12.1 Å². The second-order valence-corrected chi connectivity index (χ2v) is 5.96. The number of benzene rings is 1. The summed E-state index contributed by atoms with van der Waals surface area (Å²) >= 11 is 0. The number of hydrogen-bond acceptors (Lipinski definition) is 4. The van der Waals surface area contributed by atoms with Crippen molar-refractivity contribution in [3.8, 4) is 5.75 Å². The zero-order valence-corrected chi connectivity index (χ0v) is 14.2. The van der Waals surface area contributed by atoms with Crippen LogP contribution in [-0.4, -0.2) is 46.6 Å². The van der Waals surface area contributed by atoms with Crippen LogP contribution in [0.25, 0.3) is 0 Å². The molecule has 1 unspecified atom stereocenters. The van der Waals surface area contributed by atoms with Crippen molar-refractivity contribution in [2.24, 2.45) is 7.05 Å². The number of nitrogens with zero attached hydrogens (tertiary/aromatic N) is 3. The number of carbonyl (C=O) groups excluding carboxylic acids is 1. The van der Waals surface area contributed by atoms with E-state index in [0.29, 0.717) is 19.6 Å². The van der Waals surface area contributed by atoms with Crippen molar-refractivity contribution in [2.75, 3.05) is 26.2 Å². The number of aromatic nitrogens is 2. The maximum absolute atomic E-state index is 12.8. The third-order valence-electron chi connectivity index (χ3n) is 4.31. The lowest BCUT2D eigenvalue weighted by Gasteiger charge is -2.35. The fraction of sp³-hybridized carbons (Fsp3) is 0.444. The lowest BCUT2D eigenvalue weighted by Crippen LogP contribution is -2.49. The molecule has 1 aromatic carbocycles. The van der Waals surface area contributed by atoms with E-state index in [1.165, 1.54) is 0 Å². The summed E-state index contributed by atoms with van der Waals surface area (Å²) in [5, 5.41) is 3.36. The van der Waals surface area contributed by atoms with E-state index in [2.05, 4.69) is 10.3 Å². The predicted octanol–water partition coefficient (Wildman–Crippen LogP) is 1.53. The molecule has 1 aromatic heterocycles. The quantitative estimate of drug-likeness (QED) is 0.904. The molecule has 6 nitrogen and oxygen atoms in total. The maximum atomic E-state index is 12.8. The summed E-state index contributed by atoms with van der Waals surface area (Å²) in [4.78, 5) is 19.2. The second-order valence-electron chi connectivity index (χ2n) is 5.96. The highest BCUT2D eigenvalue weighted by Gasteiger charge is 2.30. The Kier molecular flexibility index (Phi) is 5.15. The predicted molar refractivity (Wildman–Crippen MR) is 91.8 cm³/mol. The van der Waals surface area contributed by atoms with E-state index in [0.717, 1.165) is 30.2 Å². The van der Waals surface area contributed by atoms with Crippen LogP contribution in [0.2, 0.25) is 0 Å². The van der Waals surface area contributed by atoms with Crippen LogP contribution >= 0.6 is 0 Å². The average molecular weight is 328 g/mol. The molecule has 1 fully saturated rings. The molecule has 0 radical (unpaired) electrons. The molecule has 2 aromatic rings. The van der Waals surface area contributed by atoms with Crippen LogP contribution in [0, 0.1) is 0 Å². The van der Waals surface area contributed by atoms with Gasteiger partial charge in [-0.3, -0.25) is 4.79 Å². The summed E-state index contributed by atoms with van der Waals surface area (Å²) in [6.07, 6.45) is 4.09. The minimum atomic E-state index is -0.0195. The van der Waals surface area contributed by atoms with Gasteiger partial charge in [-0.05, 0) is 24.6 Å². The highest BCUT2D eigenvalue weighted by atomic mass is 16.5. The Morgan fingerprint density at radius 2 is 2.17 bits per heavy atom. The molecule has 128 valence electrons. The molecule has 0 saturated carbocycles. The van der Waals surface area contributed by atoms with Gasteiger partial charge in [0, 0.05) is 39.1 Å². The zero-order valence-electron chi connectivity index (χ0n) is 14.2. The van der Waals surface area contributed by atoms with Gasteiger partial charge in [0.05, 0.1) is 13.0 Å². The van der Waals surface area contributed by atoms with Gasteiger partial charge < -0.3 is 19.5 Å². The molecule has 0 bridgehead atoms. The van der Waals surface area contributed by atoms with E-state index < -0.39 is 0 Å². The highest BCUT2D eigenvalue weighted by Crippen LogP contribution is 2.22. The van der Waals surface area contributed by atoms with Gasteiger partial charge in [-0.15, -0.1) is 0 Å². The maximum Gasteiger partial charge on any atom is 0.227 e. The second kappa shape index (κ2) is 7.49. The summed E-state index contributed by atoms with van der Waals surface area (Å²) in [6.45, 7) is 4.85. The first-order valence-electron chi connectivity index (χ1n) is 8.38. The van der Waals surface area contributed by atoms with Crippen molar-refractivity contribution in [3.05, 3.63) is 48.0 Å². The van der Waals surface area contributed by atoms with Gasteiger partial charge in [-0.25, -0.2) is 4.98 Å². The first kappa shape index (κ1) is 16.5. The topological polar surface area (TPSA) is 59.4 Å². The Labute approximate surface area is 142 Å². The third kappa shape index (κ3) is 3.59. The number of amides is 1. The normalized spacial score (nSPS) is 17.8. The SMILES string of the molecule is CCOc1ccc(CC(=O)N2CCNCC2c2nccn2C)cc1. The third-order valence-corrected chi connectivity index (χ3v) is 4.31. The van der Waals surface area contributed by atoms with Crippen molar-refractivity contribution in [2.45, 2.75) is 19.4 Å². The number of carbonyl (C=O) groups is 1. The van der Waals surface area contributed by atoms with Gasteiger partial charge >= 0.3 is 0 Å². The molecular weight excluding hydrogens is 304 g/mol. The smallest absolute Gasteiger partial charge is 0.227 e. The molecule has 0 aliphatic carbocycles. The Bertz CT molecular complexity index is 681. The molecule has 0 spiro atoms.